The Hall–Kier alpha value is -5.78. The molecule has 276 valence electrons. The van der Waals surface area contributed by atoms with Crippen LogP contribution < -0.4 is 5.32 Å². The van der Waals surface area contributed by atoms with Crippen molar-refractivity contribution in [1.29, 1.82) is 0 Å². The summed E-state index contributed by atoms with van der Waals surface area (Å²) in [5.41, 5.74) is 8.18. The third-order valence-corrected chi connectivity index (χ3v) is 10.3. The van der Waals surface area contributed by atoms with Gasteiger partial charge in [-0.1, -0.05) is 84.9 Å². The van der Waals surface area contributed by atoms with Gasteiger partial charge < -0.3 is 15.2 Å². The summed E-state index contributed by atoms with van der Waals surface area (Å²) in [6.45, 7) is 2.68. The number of likely N-dealkylation sites (tertiary alicyclic amines) is 1. The summed E-state index contributed by atoms with van der Waals surface area (Å²) >= 11 is 0. The highest BCUT2D eigenvalue weighted by Crippen LogP contribution is 2.35. The van der Waals surface area contributed by atoms with E-state index in [1.54, 1.807) is 6.20 Å². The maximum atomic E-state index is 13.9. The molecule has 2 amide bonds. The van der Waals surface area contributed by atoms with Gasteiger partial charge in [0.2, 0.25) is 11.8 Å². The molecule has 2 aromatic heterocycles. The quantitative estimate of drug-likeness (QED) is 0.151. The topological polar surface area (TPSA) is 123 Å². The minimum atomic E-state index is -0.383. The first-order valence-electron chi connectivity index (χ1n) is 18.5. The van der Waals surface area contributed by atoms with Crippen LogP contribution in [0.3, 0.4) is 0 Å². The fourth-order valence-electron chi connectivity index (χ4n) is 7.47. The number of imidazole rings is 1. The second-order valence-electron chi connectivity index (χ2n) is 14.5. The van der Waals surface area contributed by atoms with E-state index in [2.05, 4.69) is 37.6 Å². The summed E-state index contributed by atoms with van der Waals surface area (Å²) in [5, 5.41) is 12.2. The molecule has 1 saturated heterocycles. The van der Waals surface area contributed by atoms with Crippen LogP contribution in [0, 0.1) is 0 Å². The Bertz CT molecular complexity index is 2130. The van der Waals surface area contributed by atoms with E-state index in [1.165, 1.54) is 0 Å². The number of aliphatic imine (C=N–C) groups is 1. The first-order valence-corrected chi connectivity index (χ1v) is 18.5. The average molecular weight is 722 g/mol. The fraction of sp³-hybridized carbons (Fsp3) is 0.302. The number of nitrogens with zero attached hydrogens (tertiary/aromatic N) is 7. The Balaban J connectivity index is 0.963. The largest absolute Gasteiger partial charge is 0.347 e. The summed E-state index contributed by atoms with van der Waals surface area (Å²) in [5.74, 6) is 0.789. The van der Waals surface area contributed by atoms with Crippen LogP contribution in [0.25, 0.3) is 28.2 Å². The zero-order valence-corrected chi connectivity index (χ0v) is 31.5. The molecule has 4 atom stereocenters. The van der Waals surface area contributed by atoms with E-state index in [0.717, 1.165) is 63.6 Å². The molecule has 5 aromatic rings. The van der Waals surface area contributed by atoms with Crippen molar-refractivity contribution in [1.82, 2.24) is 40.2 Å². The van der Waals surface area contributed by atoms with E-state index in [0.29, 0.717) is 18.7 Å². The standard InChI is InChI=1S/C43H47N9O2/c1-28(46-42(53)39(50(2)3)31-13-8-6-9-14-31)36-25-33(26-44-36)29-18-20-30(21-19-29)34-22-23-35(49-48-34)37-27-45-41(47-37)38-17-12-24-52(38)43(54)40(51(4)5)32-15-10-7-11-16-32/h6-11,13-16,18-23,26-28,38-40H,12,17,24-25H2,1-5H3,(H,45,47)(H,46,53)/t28-,38-,39+,40+/m0/s1. The first kappa shape index (κ1) is 36.6. The summed E-state index contributed by atoms with van der Waals surface area (Å²) in [6.07, 6.45) is 6.10. The molecule has 0 saturated carbocycles. The maximum absolute atomic E-state index is 13.9. The van der Waals surface area contributed by atoms with Crippen molar-refractivity contribution in [3.63, 3.8) is 0 Å². The number of carbonyl (C=O) groups excluding carboxylic acids is 2. The molecule has 0 spiro atoms. The Kier molecular flexibility index (Phi) is 10.9. The number of hydrogen-bond acceptors (Lipinski definition) is 8. The van der Waals surface area contributed by atoms with Crippen LogP contribution in [-0.4, -0.2) is 93.2 Å². The van der Waals surface area contributed by atoms with Gasteiger partial charge in [0.25, 0.3) is 0 Å². The predicted octanol–water partition coefficient (Wildman–Crippen LogP) is 6.49. The lowest BCUT2D eigenvalue weighted by atomic mass is 9.98. The average Bonchev–Trinajstić information content (AvgIpc) is 3.98. The molecule has 2 aliphatic heterocycles. The van der Waals surface area contributed by atoms with Crippen LogP contribution in [0.1, 0.15) is 66.8 Å². The first-order chi connectivity index (χ1) is 26.2. The Morgan fingerprint density at radius 2 is 1.41 bits per heavy atom. The Morgan fingerprint density at radius 1 is 0.796 bits per heavy atom. The zero-order chi connectivity index (χ0) is 37.8. The van der Waals surface area contributed by atoms with Gasteiger partial charge in [-0.15, -0.1) is 10.2 Å². The zero-order valence-electron chi connectivity index (χ0n) is 31.5. The molecule has 3 aromatic carbocycles. The maximum Gasteiger partial charge on any atom is 0.245 e. The molecule has 54 heavy (non-hydrogen) atoms. The SMILES string of the molecule is C[C@H](NC(=O)[C@@H](c1ccccc1)N(C)C)C1=NC=C(c2ccc(-c3ccc(-c4cnc([C@@H]5CCCN5C(=O)[C@@H](c5ccccc5)N(C)C)[nH]4)nn3)cc2)C1. The number of amides is 2. The van der Waals surface area contributed by atoms with Gasteiger partial charge in [0, 0.05) is 30.4 Å². The third-order valence-electron chi connectivity index (χ3n) is 10.3. The van der Waals surface area contributed by atoms with E-state index in [-0.39, 0.29) is 36.0 Å². The molecule has 2 N–H and O–H groups in total. The van der Waals surface area contributed by atoms with Crippen molar-refractivity contribution in [2.24, 2.45) is 4.99 Å². The van der Waals surface area contributed by atoms with Gasteiger partial charge >= 0.3 is 0 Å². The molecule has 1 fully saturated rings. The predicted molar refractivity (Wildman–Crippen MR) is 212 cm³/mol. The van der Waals surface area contributed by atoms with E-state index in [4.69, 9.17) is 4.98 Å². The van der Waals surface area contributed by atoms with Gasteiger partial charge in [-0.25, -0.2) is 4.98 Å². The monoisotopic (exact) mass is 721 g/mol. The van der Waals surface area contributed by atoms with Crippen molar-refractivity contribution in [3.05, 3.63) is 132 Å². The molecule has 0 aliphatic carbocycles. The molecular formula is C43H47N9O2. The number of H-pyrrole nitrogens is 1. The van der Waals surface area contributed by atoms with E-state index >= 15 is 0 Å². The third kappa shape index (κ3) is 7.78. The highest BCUT2D eigenvalue weighted by atomic mass is 16.2. The molecule has 4 heterocycles. The second-order valence-corrected chi connectivity index (χ2v) is 14.5. The number of aromatic nitrogens is 4. The Labute approximate surface area is 316 Å². The molecule has 11 nitrogen and oxygen atoms in total. The fourth-order valence-corrected chi connectivity index (χ4v) is 7.47. The lowest BCUT2D eigenvalue weighted by molar-refractivity contribution is -0.137. The van der Waals surface area contributed by atoms with Crippen molar-refractivity contribution >= 4 is 23.1 Å². The number of likely N-dealkylation sites (N-methyl/N-ethyl adjacent to an activating group) is 2. The van der Waals surface area contributed by atoms with E-state index < -0.39 is 0 Å². The molecule has 2 aliphatic rings. The van der Waals surface area contributed by atoms with Crippen molar-refractivity contribution in [2.75, 3.05) is 34.7 Å². The number of benzene rings is 3. The number of allylic oxidation sites excluding steroid dienone is 1. The van der Waals surface area contributed by atoms with Crippen molar-refractivity contribution in [2.45, 2.75) is 50.4 Å². The molecule has 0 bridgehead atoms. The lowest BCUT2D eigenvalue weighted by Crippen LogP contribution is -2.44. The number of hydrogen-bond donors (Lipinski definition) is 2. The van der Waals surface area contributed by atoms with Crippen LogP contribution >= 0.6 is 0 Å². The summed E-state index contributed by atoms with van der Waals surface area (Å²) in [6, 6.07) is 30.8. The van der Waals surface area contributed by atoms with Gasteiger partial charge in [0.1, 0.15) is 23.6 Å². The number of rotatable bonds is 12. The molecule has 0 unspecified atom stereocenters. The molecule has 11 heteroatoms. The van der Waals surface area contributed by atoms with Crippen molar-refractivity contribution < 1.29 is 9.59 Å². The summed E-state index contributed by atoms with van der Waals surface area (Å²) in [7, 11) is 7.71. The molecule has 7 rings (SSSR count). The number of carbonyl (C=O) groups is 2. The molecule has 0 radical (unpaired) electrons. The van der Waals surface area contributed by atoms with E-state index in [1.807, 2.05) is 141 Å². The summed E-state index contributed by atoms with van der Waals surface area (Å²) < 4.78 is 0. The van der Waals surface area contributed by atoms with Gasteiger partial charge in [-0.3, -0.25) is 24.4 Å². The van der Waals surface area contributed by atoms with Crippen LogP contribution in [0.5, 0.6) is 0 Å². The van der Waals surface area contributed by atoms with E-state index in [9.17, 15) is 9.59 Å². The van der Waals surface area contributed by atoms with Gasteiger partial charge in [0.05, 0.1) is 29.7 Å². The lowest BCUT2D eigenvalue weighted by Gasteiger charge is -2.31. The van der Waals surface area contributed by atoms with Gasteiger partial charge in [0.15, 0.2) is 0 Å². The second kappa shape index (κ2) is 16.1. The highest BCUT2D eigenvalue weighted by molar-refractivity contribution is 6.03. The van der Waals surface area contributed by atoms with Crippen LogP contribution in [-0.2, 0) is 9.59 Å². The van der Waals surface area contributed by atoms with Crippen molar-refractivity contribution in [3.8, 4) is 22.6 Å². The number of nitrogens with one attached hydrogen (secondary N) is 2. The summed E-state index contributed by atoms with van der Waals surface area (Å²) in [4.78, 5) is 45.8. The minimum Gasteiger partial charge on any atom is -0.347 e. The van der Waals surface area contributed by atoms with Crippen LogP contribution in [0.2, 0.25) is 0 Å². The van der Waals surface area contributed by atoms with Gasteiger partial charge in [-0.2, -0.15) is 0 Å². The van der Waals surface area contributed by atoms with Crippen LogP contribution in [0.15, 0.2) is 114 Å². The molecular weight excluding hydrogens is 675 g/mol. The Morgan fingerprint density at radius 3 is 2.04 bits per heavy atom. The van der Waals surface area contributed by atoms with Gasteiger partial charge in [-0.05, 0) is 82.4 Å². The minimum absolute atomic E-state index is 0.0518. The van der Waals surface area contributed by atoms with Crippen LogP contribution in [0.4, 0.5) is 0 Å². The number of aromatic amines is 1. The smallest absolute Gasteiger partial charge is 0.245 e. The highest BCUT2D eigenvalue weighted by Gasteiger charge is 2.37. The normalized spacial score (nSPS) is 17.3.